The number of carbonyl (C=O) groups is 2. The molecule has 1 saturated heterocycles. The van der Waals surface area contributed by atoms with Crippen LogP contribution in [0.5, 0.6) is 0 Å². The lowest BCUT2D eigenvalue weighted by atomic mass is 9.78. The van der Waals surface area contributed by atoms with Crippen molar-refractivity contribution in [1.29, 1.82) is 0 Å². The number of hydrogen-bond acceptors (Lipinski definition) is 5. The lowest BCUT2D eigenvalue weighted by Gasteiger charge is -2.35. The average molecular weight is 306 g/mol. The molecule has 6 nitrogen and oxygen atoms in total. The third-order valence-corrected chi connectivity index (χ3v) is 4.00. The van der Waals surface area contributed by atoms with Crippen LogP contribution in [-0.4, -0.2) is 45.8 Å². The van der Waals surface area contributed by atoms with E-state index in [0.29, 0.717) is 17.9 Å². The zero-order chi connectivity index (χ0) is 16.0. The van der Waals surface area contributed by atoms with E-state index in [0.717, 1.165) is 25.9 Å². The lowest BCUT2D eigenvalue weighted by Crippen LogP contribution is -2.47. The molecule has 1 fully saturated rings. The van der Waals surface area contributed by atoms with E-state index in [-0.39, 0.29) is 5.91 Å². The van der Waals surface area contributed by atoms with Gasteiger partial charge in [0.1, 0.15) is 0 Å². The van der Waals surface area contributed by atoms with E-state index < -0.39 is 11.4 Å². The molecule has 0 bridgehead atoms. The Morgan fingerprint density at radius 2 is 2.00 bits per heavy atom. The van der Waals surface area contributed by atoms with Crippen LogP contribution in [0.4, 0.5) is 5.69 Å². The fraction of sp³-hybridized carbons (Fsp3) is 0.500. The van der Waals surface area contributed by atoms with Crippen molar-refractivity contribution in [3.63, 3.8) is 0 Å². The Balaban J connectivity index is 2.14. The minimum absolute atomic E-state index is 0.0714. The van der Waals surface area contributed by atoms with Crippen molar-refractivity contribution in [2.45, 2.75) is 12.8 Å². The van der Waals surface area contributed by atoms with Gasteiger partial charge < -0.3 is 20.1 Å². The summed E-state index contributed by atoms with van der Waals surface area (Å²) in [5.41, 5.74) is 0.467. The SMILES string of the molecule is COCC1(C(=O)Nc2cccc(C(=O)OC)c2)CCNCC1. The first kappa shape index (κ1) is 16.5. The molecule has 2 rings (SSSR count). The zero-order valence-electron chi connectivity index (χ0n) is 13.0. The molecule has 1 amide bonds. The third kappa shape index (κ3) is 3.64. The van der Waals surface area contributed by atoms with E-state index in [4.69, 9.17) is 9.47 Å². The highest BCUT2D eigenvalue weighted by Gasteiger charge is 2.39. The minimum Gasteiger partial charge on any atom is -0.465 e. The fourth-order valence-electron chi connectivity index (χ4n) is 2.72. The molecule has 1 heterocycles. The molecule has 0 atom stereocenters. The molecule has 120 valence electrons. The van der Waals surface area contributed by atoms with Crippen LogP contribution in [0.2, 0.25) is 0 Å². The highest BCUT2D eigenvalue weighted by Crippen LogP contribution is 2.31. The standard InChI is InChI=1S/C16H22N2O4/c1-21-11-16(6-8-17-9-7-16)15(20)18-13-5-3-4-12(10-13)14(19)22-2/h3-5,10,17H,6-9,11H2,1-2H3,(H,18,20). The second kappa shape index (κ2) is 7.38. The monoisotopic (exact) mass is 306 g/mol. The van der Waals surface area contributed by atoms with Crippen molar-refractivity contribution in [3.8, 4) is 0 Å². The Kier molecular flexibility index (Phi) is 5.51. The van der Waals surface area contributed by atoms with E-state index >= 15 is 0 Å². The van der Waals surface area contributed by atoms with Gasteiger partial charge in [0.2, 0.25) is 5.91 Å². The summed E-state index contributed by atoms with van der Waals surface area (Å²) < 4.78 is 9.95. The largest absolute Gasteiger partial charge is 0.465 e. The van der Waals surface area contributed by atoms with Gasteiger partial charge in [0.15, 0.2) is 0 Å². The van der Waals surface area contributed by atoms with E-state index in [1.165, 1.54) is 7.11 Å². The Morgan fingerprint density at radius 3 is 2.64 bits per heavy atom. The van der Waals surface area contributed by atoms with Crippen LogP contribution in [0.3, 0.4) is 0 Å². The second-order valence-electron chi connectivity index (χ2n) is 5.49. The summed E-state index contributed by atoms with van der Waals surface area (Å²) in [6.07, 6.45) is 1.45. The van der Waals surface area contributed by atoms with Crippen LogP contribution in [-0.2, 0) is 14.3 Å². The number of nitrogens with one attached hydrogen (secondary N) is 2. The number of piperidine rings is 1. The number of hydrogen-bond donors (Lipinski definition) is 2. The number of anilines is 1. The summed E-state index contributed by atoms with van der Waals surface area (Å²) in [6, 6.07) is 6.74. The van der Waals surface area contributed by atoms with E-state index in [1.54, 1.807) is 31.4 Å². The molecule has 22 heavy (non-hydrogen) atoms. The maximum absolute atomic E-state index is 12.7. The van der Waals surface area contributed by atoms with Crippen molar-refractivity contribution < 1.29 is 19.1 Å². The van der Waals surface area contributed by atoms with Crippen LogP contribution in [0.15, 0.2) is 24.3 Å². The first-order valence-electron chi connectivity index (χ1n) is 7.31. The topological polar surface area (TPSA) is 76.7 Å². The van der Waals surface area contributed by atoms with Gasteiger partial charge >= 0.3 is 5.97 Å². The Hall–Kier alpha value is -1.92. The molecule has 2 N–H and O–H groups in total. The predicted octanol–water partition coefficient (Wildman–Crippen LogP) is 1.43. The van der Waals surface area contributed by atoms with E-state index in [9.17, 15) is 9.59 Å². The number of carbonyl (C=O) groups excluding carboxylic acids is 2. The maximum Gasteiger partial charge on any atom is 0.337 e. The molecule has 0 aromatic heterocycles. The van der Waals surface area contributed by atoms with Crippen LogP contribution >= 0.6 is 0 Å². The molecule has 0 saturated carbocycles. The third-order valence-electron chi connectivity index (χ3n) is 4.00. The number of benzene rings is 1. The summed E-state index contributed by atoms with van der Waals surface area (Å²) in [5.74, 6) is -0.498. The summed E-state index contributed by atoms with van der Waals surface area (Å²) in [5, 5.41) is 6.15. The Labute approximate surface area is 130 Å². The molecule has 1 aromatic rings. The number of ether oxygens (including phenoxy) is 2. The van der Waals surface area contributed by atoms with Gasteiger partial charge in [0.05, 0.1) is 24.7 Å². The van der Waals surface area contributed by atoms with Crippen LogP contribution < -0.4 is 10.6 Å². The molecule has 1 aliphatic rings. The zero-order valence-corrected chi connectivity index (χ0v) is 13.0. The van der Waals surface area contributed by atoms with E-state index in [2.05, 4.69) is 10.6 Å². The van der Waals surface area contributed by atoms with Gasteiger partial charge in [-0.1, -0.05) is 6.07 Å². The Morgan fingerprint density at radius 1 is 1.27 bits per heavy atom. The minimum atomic E-state index is -0.527. The number of esters is 1. The van der Waals surface area contributed by atoms with Gasteiger partial charge in [-0.3, -0.25) is 4.79 Å². The molecule has 0 spiro atoms. The van der Waals surface area contributed by atoms with Crippen LogP contribution in [0.1, 0.15) is 23.2 Å². The van der Waals surface area contributed by atoms with Gasteiger partial charge in [-0.05, 0) is 44.1 Å². The van der Waals surface area contributed by atoms with Gasteiger partial charge in [0.25, 0.3) is 0 Å². The second-order valence-corrected chi connectivity index (χ2v) is 5.49. The van der Waals surface area contributed by atoms with Gasteiger partial charge in [-0.15, -0.1) is 0 Å². The predicted molar refractivity (Wildman–Crippen MR) is 82.8 cm³/mol. The summed E-state index contributed by atoms with van der Waals surface area (Å²) >= 11 is 0. The molecule has 0 unspecified atom stereocenters. The van der Waals surface area contributed by atoms with Gasteiger partial charge in [0, 0.05) is 12.8 Å². The van der Waals surface area contributed by atoms with Crippen LogP contribution in [0, 0.1) is 5.41 Å². The van der Waals surface area contributed by atoms with Crippen molar-refractivity contribution in [3.05, 3.63) is 29.8 Å². The summed E-state index contributed by atoms with van der Waals surface area (Å²) in [6.45, 7) is 1.97. The van der Waals surface area contributed by atoms with Crippen molar-refractivity contribution in [1.82, 2.24) is 5.32 Å². The Bertz CT molecular complexity index is 533. The smallest absolute Gasteiger partial charge is 0.337 e. The average Bonchev–Trinajstić information content (AvgIpc) is 2.55. The molecule has 1 aliphatic heterocycles. The number of rotatable bonds is 5. The highest BCUT2D eigenvalue weighted by molar-refractivity contribution is 5.97. The molecule has 0 radical (unpaired) electrons. The van der Waals surface area contributed by atoms with Gasteiger partial charge in [-0.25, -0.2) is 4.79 Å². The first-order chi connectivity index (χ1) is 10.6. The molecule has 6 heteroatoms. The molecular formula is C16H22N2O4. The normalized spacial score (nSPS) is 16.8. The van der Waals surface area contributed by atoms with E-state index in [1.807, 2.05) is 0 Å². The molecular weight excluding hydrogens is 284 g/mol. The lowest BCUT2D eigenvalue weighted by molar-refractivity contribution is -0.130. The van der Waals surface area contributed by atoms with Crippen molar-refractivity contribution >= 4 is 17.6 Å². The quantitative estimate of drug-likeness (QED) is 0.805. The fourth-order valence-corrected chi connectivity index (χ4v) is 2.72. The van der Waals surface area contributed by atoms with Crippen molar-refractivity contribution in [2.24, 2.45) is 5.41 Å². The summed E-state index contributed by atoms with van der Waals surface area (Å²) in [7, 11) is 2.94. The maximum atomic E-state index is 12.7. The summed E-state index contributed by atoms with van der Waals surface area (Å²) in [4.78, 5) is 24.3. The van der Waals surface area contributed by atoms with Crippen LogP contribution in [0.25, 0.3) is 0 Å². The highest BCUT2D eigenvalue weighted by atomic mass is 16.5. The molecule has 0 aliphatic carbocycles. The first-order valence-corrected chi connectivity index (χ1v) is 7.31. The van der Waals surface area contributed by atoms with Crippen molar-refractivity contribution in [2.75, 3.05) is 39.2 Å². The molecule has 1 aromatic carbocycles. The number of amides is 1. The van der Waals surface area contributed by atoms with Gasteiger partial charge in [-0.2, -0.15) is 0 Å². The number of methoxy groups -OCH3 is 2.